The lowest BCUT2D eigenvalue weighted by molar-refractivity contribution is 0.280. The van der Waals surface area contributed by atoms with Crippen molar-refractivity contribution in [1.29, 1.82) is 0 Å². The minimum absolute atomic E-state index is 0.0413. The quantitative estimate of drug-likeness (QED) is 0.824. The number of rotatable bonds is 3. The van der Waals surface area contributed by atoms with Crippen LogP contribution in [0.3, 0.4) is 0 Å². The number of aliphatic hydroxyl groups is 1. The molecule has 0 spiro atoms. The zero-order valence-corrected chi connectivity index (χ0v) is 7.26. The first-order chi connectivity index (χ1) is 8.52. The van der Waals surface area contributed by atoms with Crippen LogP contribution in [0.25, 0.3) is 0 Å². The van der Waals surface area contributed by atoms with Gasteiger partial charge in [0.1, 0.15) is 0 Å². The van der Waals surface area contributed by atoms with E-state index in [-0.39, 0.29) is 22.1 Å². The summed E-state index contributed by atoms with van der Waals surface area (Å²) >= 11 is 5.78. The van der Waals surface area contributed by atoms with E-state index < -0.39 is 20.7 Å². The summed E-state index contributed by atoms with van der Waals surface area (Å²) in [5.41, 5.74) is 0.193. The van der Waals surface area contributed by atoms with Crippen LogP contribution in [-0.4, -0.2) is 19.2 Å². The van der Waals surface area contributed by atoms with Gasteiger partial charge >= 0.3 is 0 Å². The van der Waals surface area contributed by atoms with E-state index >= 15 is 0 Å². The first-order valence-corrected chi connectivity index (χ1v) is 3.71. The van der Waals surface area contributed by atoms with Crippen LogP contribution in [0.2, 0.25) is 5.02 Å². The lowest BCUT2D eigenvalue weighted by atomic mass is 10.2. The minimum Gasteiger partial charge on any atom is -0.493 e. The van der Waals surface area contributed by atoms with Gasteiger partial charge in [-0.2, -0.15) is 0 Å². The predicted molar refractivity (Wildman–Crippen MR) is 50.5 cm³/mol. The molecule has 72 valence electrons. The van der Waals surface area contributed by atoms with Crippen molar-refractivity contribution in [1.82, 2.24) is 0 Å². The Morgan fingerprint density at radius 1 is 1.38 bits per heavy atom. The predicted octanol–water partition coefficient (Wildman–Crippen LogP) is 1.85. The lowest BCUT2D eigenvalue weighted by Crippen LogP contribution is -1.93. The Balaban J connectivity index is 3.22. The van der Waals surface area contributed by atoms with Crippen LogP contribution in [-0.2, 0) is 6.61 Å². The molecule has 0 aliphatic heterocycles. The molecule has 13 heavy (non-hydrogen) atoms. The van der Waals surface area contributed by atoms with E-state index in [1.165, 1.54) is 0 Å². The molecule has 3 nitrogen and oxygen atoms in total. The van der Waals surface area contributed by atoms with E-state index in [2.05, 4.69) is 9.47 Å². The summed E-state index contributed by atoms with van der Waals surface area (Å²) < 4.78 is 51.2. The molecule has 0 radical (unpaired) electrons. The van der Waals surface area contributed by atoms with Crippen molar-refractivity contribution in [3.8, 4) is 11.5 Å². The molecule has 0 amide bonds. The molecule has 0 saturated heterocycles. The Morgan fingerprint density at radius 2 is 2.00 bits per heavy atom. The number of aliphatic hydroxyl groups excluding tert-OH is 1. The average Bonchev–Trinajstić information content (AvgIpc) is 2.17. The highest BCUT2D eigenvalue weighted by molar-refractivity contribution is 6.31. The van der Waals surface area contributed by atoms with Crippen molar-refractivity contribution in [2.45, 2.75) is 6.61 Å². The van der Waals surface area contributed by atoms with E-state index in [1.807, 2.05) is 0 Å². The van der Waals surface area contributed by atoms with Crippen molar-refractivity contribution in [3.05, 3.63) is 22.7 Å². The topological polar surface area (TPSA) is 38.7 Å². The smallest absolute Gasteiger partial charge is 0.162 e. The summed E-state index contributed by atoms with van der Waals surface area (Å²) in [7, 11) is -5.57. The Kier molecular flexibility index (Phi) is 1.51. The van der Waals surface area contributed by atoms with Gasteiger partial charge in [0.2, 0.25) is 0 Å². The molecule has 0 heterocycles. The third kappa shape index (κ3) is 2.05. The van der Waals surface area contributed by atoms with Gasteiger partial charge in [0.05, 0.1) is 33.9 Å². The molecule has 1 aromatic carbocycles. The highest BCUT2D eigenvalue weighted by Crippen LogP contribution is 2.32. The molecule has 0 fully saturated rings. The highest BCUT2D eigenvalue weighted by Gasteiger charge is 2.08. The Labute approximate surface area is 90.3 Å². The maximum Gasteiger partial charge on any atom is 0.162 e. The van der Waals surface area contributed by atoms with E-state index in [0.717, 1.165) is 12.1 Å². The molecule has 0 aliphatic rings. The van der Waals surface area contributed by atoms with Crippen molar-refractivity contribution in [2.75, 3.05) is 14.1 Å². The van der Waals surface area contributed by atoms with Crippen molar-refractivity contribution in [2.24, 2.45) is 0 Å². The Hall–Kier alpha value is -0.930. The first-order valence-electron chi connectivity index (χ1n) is 6.33. The fraction of sp³-hybridized carbons (Fsp3) is 0.333. The maximum absolute atomic E-state index is 9.03. The summed E-state index contributed by atoms with van der Waals surface area (Å²) in [5, 5.41) is 9.07. The van der Waals surface area contributed by atoms with Crippen LogP contribution >= 0.6 is 11.6 Å². The first kappa shape index (κ1) is 4.53. The average molecular weight is 209 g/mol. The van der Waals surface area contributed by atoms with Crippen LogP contribution < -0.4 is 9.47 Å². The van der Waals surface area contributed by atoms with Gasteiger partial charge in [-0.1, -0.05) is 11.6 Å². The number of hydrogen-bond donors (Lipinski definition) is 1. The Bertz CT molecular complexity index is 456. The molecule has 0 saturated carbocycles. The van der Waals surface area contributed by atoms with E-state index in [4.69, 9.17) is 24.9 Å². The second kappa shape index (κ2) is 4.35. The summed E-state index contributed by atoms with van der Waals surface area (Å²) in [6.07, 6.45) is 0. The fourth-order valence-electron chi connectivity index (χ4n) is 0.858. The minimum atomic E-state index is -2.78. The van der Waals surface area contributed by atoms with Crippen molar-refractivity contribution >= 4 is 11.6 Å². The Morgan fingerprint density at radius 3 is 2.54 bits per heavy atom. The summed E-state index contributed by atoms with van der Waals surface area (Å²) in [6.45, 7) is -0.454. The van der Waals surface area contributed by atoms with Gasteiger partial charge in [0.15, 0.2) is 11.5 Å². The monoisotopic (exact) mass is 208 g/mol. The van der Waals surface area contributed by atoms with E-state index in [9.17, 15) is 0 Å². The van der Waals surface area contributed by atoms with Gasteiger partial charge in [-0.15, -0.1) is 0 Å². The summed E-state index contributed by atoms with van der Waals surface area (Å²) in [4.78, 5) is 0. The molecule has 0 aromatic heterocycles. The zero-order chi connectivity index (χ0) is 14.8. The zero-order valence-electron chi connectivity index (χ0n) is 12.5. The molecule has 0 aliphatic carbocycles. The summed E-state index contributed by atoms with van der Waals surface area (Å²) in [6, 6.07) is 2.20. The molecule has 1 aromatic rings. The normalized spacial score (nSPS) is 18.6. The van der Waals surface area contributed by atoms with Gasteiger partial charge in [-0.25, -0.2) is 0 Å². The van der Waals surface area contributed by atoms with Gasteiger partial charge in [-0.05, 0) is 11.6 Å². The largest absolute Gasteiger partial charge is 0.493 e. The number of ether oxygens (including phenoxy) is 2. The summed E-state index contributed by atoms with van der Waals surface area (Å²) in [5.74, 6) is -0.664. The van der Waals surface area contributed by atoms with Gasteiger partial charge in [0, 0.05) is 6.07 Å². The van der Waals surface area contributed by atoms with E-state index in [1.54, 1.807) is 0 Å². The molecule has 0 bridgehead atoms. The molecule has 1 N–H and O–H groups in total. The van der Waals surface area contributed by atoms with Crippen LogP contribution in [0, 0.1) is 0 Å². The van der Waals surface area contributed by atoms with Gasteiger partial charge in [0.25, 0.3) is 0 Å². The lowest BCUT2D eigenvalue weighted by Gasteiger charge is -2.09. The maximum atomic E-state index is 9.03. The van der Waals surface area contributed by atoms with Crippen molar-refractivity contribution < 1.29 is 22.8 Å². The van der Waals surface area contributed by atoms with Crippen LogP contribution in [0.1, 0.15) is 13.8 Å². The molecule has 0 unspecified atom stereocenters. The number of benzene rings is 1. The molecule has 1 rings (SSSR count). The third-order valence-electron chi connectivity index (χ3n) is 1.50. The standard InChI is InChI=1S/C9H11ClO3/c1-12-8-3-6(5-11)7(10)4-9(8)13-2/h3-4,11H,5H2,1-2H3/i1D3,2D3. The second-order valence-corrected chi connectivity index (χ2v) is 2.66. The second-order valence-electron chi connectivity index (χ2n) is 2.25. The number of halogens is 1. The van der Waals surface area contributed by atoms with Crippen molar-refractivity contribution in [3.63, 3.8) is 0 Å². The molecular formula is C9H11ClO3. The fourth-order valence-corrected chi connectivity index (χ4v) is 1.07. The van der Waals surface area contributed by atoms with Crippen LogP contribution in [0.15, 0.2) is 12.1 Å². The number of methoxy groups -OCH3 is 2. The highest BCUT2D eigenvalue weighted by atomic mass is 35.5. The van der Waals surface area contributed by atoms with E-state index in [0.29, 0.717) is 0 Å². The molecular weight excluding hydrogens is 192 g/mol. The van der Waals surface area contributed by atoms with Gasteiger partial charge < -0.3 is 14.6 Å². The molecule has 0 atom stereocenters. The van der Waals surface area contributed by atoms with Crippen LogP contribution in [0.5, 0.6) is 11.5 Å². The number of hydrogen-bond acceptors (Lipinski definition) is 3. The van der Waals surface area contributed by atoms with Crippen LogP contribution in [0.4, 0.5) is 0 Å². The SMILES string of the molecule is [2H]C([2H])([2H])Oc1cc(Cl)c(CO)cc1OC([2H])([2H])[2H]. The third-order valence-corrected chi connectivity index (χ3v) is 1.85. The van der Waals surface area contributed by atoms with Gasteiger partial charge in [-0.3, -0.25) is 0 Å². The molecule has 4 heteroatoms.